The molecule has 116 heavy (non-hydrogen) atoms. The number of fused-ring (bicyclic) bond motifs is 28. The van der Waals surface area contributed by atoms with Crippen molar-refractivity contribution in [1.82, 2.24) is 0 Å². The number of methoxy groups -OCH3 is 4. The van der Waals surface area contributed by atoms with E-state index in [-0.39, 0.29) is 113 Å². The summed E-state index contributed by atoms with van der Waals surface area (Å²) < 4.78 is 20.6. The van der Waals surface area contributed by atoms with Crippen molar-refractivity contribution in [2.45, 2.75) is 0 Å². The van der Waals surface area contributed by atoms with Crippen molar-refractivity contribution in [1.29, 1.82) is 0 Å². The number of nitrogens with zero attached hydrogens (tertiary/aromatic N) is 12. The molecule has 3 aliphatic rings. The number of ether oxygens (including phenoxy) is 4. The van der Waals surface area contributed by atoms with Crippen molar-refractivity contribution < 1.29 is 77.5 Å². The van der Waals surface area contributed by atoms with Crippen LogP contribution in [0.1, 0.15) is 41.4 Å². The van der Waals surface area contributed by atoms with Gasteiger partial charge in [-0.1, -0.05) is 0 Å². The van der Waals surface area contributed by atoms with Gasteiger partial charge in [0.15, 0.2) is 0 Å². The van der Waals surface area contributed by atoms with Gasteiger partial charge in [-0.2, -0.15) is 0 Å². The van der Waals surface area contributed by atoms with Crippen molar-refractivity contribution >= 4 is 206 Å². The van der Waals surface area contributed by atoms with Crippen LogP contribution in [0.2, 0.25) is 0 Å². The quantitative estimate of drug-likeness (QED) is 0.0244. The molecule has 0 unspecified atom stereocenters. The molecule has 44 heteroatoms. The maximum atomic E-state index is 14.3. The summed E-state index contributed by atoms with van der Waals surface area (Å²) in [5, 5.41) is 129. The number of benzene rings is 10. The number of rotatable bonds is 12. The number of nitrogens with one attached hydrogen (secondary N) is 8. The molecule has 8 N–H and O–H groups in total. The van der Waals surface area contributed by atoms with Crippen molar-refractivity contribution in [3.8, 4) is 0 Å². The molecule has 0 spiro atoms. The van der Waals surface area contributed by atoms with E-state index in [1.807, 2.05) is 0 Å². The number of hydrogen-bond acceptors (Lipinski definition) is 36. The summed E-state index contributed by atoms with van der Waals surface area (Å²) in [7, 11) is 9.94. The fourth-order valence-electron chi connectivity index (χ4n) is 13.2. The Balaban J connectivity index is 1.15. The van der Waals surface area contributed by atoms with Gasteiger partial charge in [0, 0.05) is 73.7 Å². The number of nitro groups is 8. The summed E-state index contributed by atoms with van der Waals surface area (Å²) >= 11 is 0. The van der Waals surface area contributed by atoms with Crippen molar-refractivity contribution in [3.63, 3.8) is 0 Å². The Morgan fingerprint density at radius 2 is 0.405 bits per heavy atom. The van der Waals surface area contributed by atoms with Crippen molar-refractivity contribution in [2.75, 3.05) is 119 Å². The standard InChI is InChI=1S/C72H56N20O24/c1-81-41-13-35(71(95)115-7)14-42(19-41)82(2)59-28-60(48-22-47(59)79-55-25-51(63(87(101)102)31-67(55)91(109)110)75-39-11-34(70(94)114-6)12-40(18-39)76-52-26-56(80-48)68(92(111)112)32-64(52)88(103)104)84(4)44-16-36(72(96)116-8)15-43(20-44)83(3)58-27-57(81)45-21-46(58)78-54-24-50(62(86(99)100)30-66(54)90(107)108)74-38-10-33(69(93)113-5)9-37(17-38)73-49-23-53(77-45)65(89(105)106)29-61(49)85(97)98/h9-32,73-80H,1-8H3. The zero-order valence-electron chi connectivity index (χ0n) is 61.0. The van der Waals surface area contributed by atoms with Gasteiger partial charge in [-0.15, -0.1) is 0 Å². The molecule has 44 nitrogen and oxygen atoms in total. The van der Waals surface area contributed by atoms with Gasteiger partial charge >= 0.3 is 23.9 Å². The molecule has 3 heterocycles. The molecule has 10 aromatic carbocycles. The summed E-state index contributed by atoms with van der Waals surface area (Å²) in [5.74, 6) is -3.98. The molecule has 13 rings (SSSR count). The van der Waals surface area contributed by atoms with Crippen LogP contribution in [-0.2, 0) is 18.9 Å². The highest BCUT2D eigenvalue weighted by Gasteiger charge is 2.35. The molecule has 0 aliphatic carbocycles. The average molecular weight is 1590 g/mol. The summed E-state index contributed by atoms with van der Waals surface area (Å²) in [5.41, 5.74) is -14.0. The number of nitro benzene ring substituents is 8. The summed E-state index contributed by atoms with van der Waals surface area (Å²) in [6.07, 6.45) is 0. The number of carbonyl (C=O) groups excluding carboxylic acids is 4. The summed E-state index contributed by atoms with van der Waals surface area (Å²) in [6.45, 7) is 0. The SMILES string of the molecule is COC(=O)c1cc2cc(c1)Nc1cc(c([N+](=O)[O-])cc1[N+](=O)[O-])Nc1cc(c3cc1N(C)c1cc(C(=O)OC)cc(c1)N(C)c1cc(c4cc1Nc1cc(c([N+](=O)[O-])cc1[N+](=O)[O-])Nc1cc(cc(C(=O)OC)c1)Nc1cc(c([N+](=O)[O-])cc1[N+](=O)[O-])N4)N(C)c1cc(C(=O)OC)cc(c1)N3C)Nc1cc(c([N+](=O)[O-])cc1[N+](=O)[O-])N2. The first-order valence-corrected chi connectivity index (χ1v) is 33.4. The maximum Gasteiger partial charge on any atom is 0.337 e. The van der Waals surface area contributed by atoms with E-state index >= 15 is 0 Å². The smallest absolute Gasteiger partial charge is 0.337 e. The number of hydrogen-bond donors (Lipinski definition) is 8. The van der Waals surface area contributed by atoms with Gasteiger partial charge in [-0.3, -0.25) is 80.9 Å². The van der Waals surface area contributed by atoms with Gasteiger partial charge in [0.1, 0.15) is 45.5 Å². The van der Waals surface area contributed by atoms with Gasteiger partial charge in [0.25, 0.3) is 45.5 Å². The molecule has 0 aromatic heterocycles. The second-order valence-electron chi connectivity index (χ2n) is 25.7. The molecule has 0 atom stereocenters. The topological polar surface area (TPSA) is 560 Å². The lowest BCUT2D eigenvalue weighted by Gasteiger charge is -2.33. The Morgan fingerprint density at radius 3 is 0.586 bits per heavy atom. The van der Waals surface area contributed by atoms with Crippen LogP contribution in [0.4, 0.5) is 182 Å². The lowest BCUT2D eigenvalue weighted by molar-refractivity contribution is -0.393. The third kappa shape index (κ3) is 14.6. The second-order valence-corrected chi connectivity index (χ2v) is 25.7. The lowest BCUT2D eigenvalue weighted by atomic mass is 10.0. The van der Waals surface area contributed by atoms with Gasteiger partial charge in [0.05, 0.1) is 160 Å². The van der Waals surface area contributed by atoms with E-state index in [1.165, 1.54) is 145 Å². The minimum Gasteiger partial charge on any atom is -0.465 e. The van der Waals surface area contributed by atoms with Gasteiger partial charge in [-0.25, -0.2) is 19.2 Å². The van der Waals surface area contributed by atoms with Crippen LogP contribution in [0.15, 0.2) is 146 Å². The van der Waals surface area contributed by atoms with E-state index in [4.69, 9.17) is 18.9 Å². The average Bonchev–Trinajstić information content (AvgIpc) is 0.754. The van der Waals surface area contributed by atoms with Gasteiger partial charge in [-0.05, 0) is 121 Å². The predicted octanol–water partition coefficient (Wildman–Crippen LogP) is 16.1. The van der Waals surface area contributed by atoms with E-state index in [0.29, 0.717) is 24.3 Å². The minimum absolute atomic E-state index is 0.00233. The first kappa shape index (κ1) is 77.1. The van der Waals surface area contributed by atoms with E-state index in [1.54, 1.807) is 0 Å². The van der Waals surface area contributed by atoms with Crippen LogP contribution < -0.4 is 62.1 Å². The third-order valence-corrected chi connectivity index (χ3v) is 18.8. The number of esters is 4. The maximum absolute atomic E-state index is 14.3. The normalized spacial score (nSPS) is 12.3. The molecular weight excluding hydrogens is 1530 g/mol. The van der Waals surface area contributed by atoms with Crippen LogP contribution >= 0.6 is 0 Å². The van der Waals surface area contributed by atoms with Crippen LogP contribution in [0.5, 0.6) is 0 Å². The Bertz CT molecular complexity index is 5390. The van der Waals surface area contributed by atoms with E-state index in [9.17, 15) is 100 Å². The summed E-state index contributed by atoms with van der Waals surface area (Å²) in [6, 6.07) is 27.2. The Labute approximate surface area is 648 Å². The van der Waals surface area contributed by atoms with Crippen molar-refractivity contribution in [3.05, 3.63) is 249 Å². The van der Waals surface area contributed by atoms with Crippen LogP contribution in [0.3, 0.4) is 0 Å². The van der Waals surface area contributed by atoms with Crippen LogP contribution in [-0.4, -0.2) is 120 Å². The molecule has 3 aliphatic heterocycles. The van der Waals surface area contributed by atoms with Gasteiger partial charge in [0.2, 0.25) is 0 Å². The Morgan fingerprint density at radius 1 is 0.233 bits per heavy atom. The monoisotopic (exact) mass is 1580 g/mol. The number of carbonyl (C=O) groups is 4. The molecule has 0 saturated carbocycles. The zero-order valence-corrected chi connectivity index (χ0v) is 61.0. The third-order valence-electron chi connectivity index (χ3n) is 18.8. The molecular formula is C72H56N20O24. The molecule has 0 amide bonds. The van der Waals surface area contributed by atoms with E-state index in [2.05, 4.69) is 42.5 Å². The molecule has 0 saturated heterocycles. The van der Waals surface area contributed by atoms with Crippen LogP contribution in [0.25, 0.3) is 0 Å². The predicted molar refractivity (Wildman–Crippen MR) is 422 cm³/mol. The Kier molecular flexibility index (Phi) is 20.0. The van der Waals surface area contributed by atoms with E-state index < -0.39 is 154 Å². The fraction of sp³-hybridized carbons (Fsp3) is 0.111. The highest BCUT2D eigenvalue weighted by atomic mass is 16.7. The number of anilines is 24. The second kappa shape index (κ2) is 30.0. The van der Waals surface area contributed by atoms with Gasteiger partial charge < -0.3 is 81.1 Å². The molecule has 0 radical (unpaired) electrons. The fourth-order valence-corrected chi connectivity index (χ4v) is 13.2. The highest BCUT2D eigenvalue weighted by Crippen LogP contribution is 2.53. The van der Waals surface area contributed by atoms with Crippen LogP contribution in [0, 0.1) is 80.9 Å². The molecule has 588 valence electrons. The largest absolute Gasteiger partial charge is 0.465 e. The van der Waals surface area contributed by atoms with Crippen molar-refractivity contribution in [2.24, 2.45) is 0 Å². The summed E-state index contributed by atoms with van der Waals surface area (Å²) in [4.78, 5) is 159. The zero-order chi connectivity index (χ0) is 83.5. The Hall–Kier alpha value is -17.1. The molecule has 10 aromatic rings. The first-order chi connectivity index (χ1) is 55.1. The lowest BCUT2D eigenvalue weighted by Crippen LogP contribution is -2.20. The molecule has 0 fully saturated rings. The van der Waals surface area contributed by atoms with E-state index in [0.717, 1.165) is 52.7 Å². The highest BCUT2D eigenvalue weighted by molar-refractivity contribution is 6.03. The molecule has 24 bridgehead atoms. The first-order valence-electron chi connectivity index (χ1n) is 33.4. The minimum atomic E-state index is -0.998.